The van der Waals surface area contributed by atoms with Crippen LogP contribution < -0.4 is 15.4 Å². The normalized spacial score (nSPS) is 15.2. The maximum atomic E-state index is 12.0. The Morgan fingerprint density at radius 3 is 2.69 bits per heavy atom. The summed E-state index contributed by atoms with van der Waals surface area (Å²) in [6.45, 7) is 4.28. The van der Waals surface area contributed by atoms with Gasteiger partial charge in [0.25, 0.3) is 0 Å². The molecule has 26 heavy (non-hydrogen) atoms. The standard InChI is InChI=1S/C15H29N7O2S.HI/c1-3-14-21-19-12-22(14)9-7-17-15(16-2)18-8-10-25(23,24)20-11-13-5-4-6-13;/h12-13,20H,3-11H2,1-2H3,(H2,16,17,18);1H. The van der Waals surface area contributed by atoms with Gasteiger partial charge in [-0.05, 0) is 18.8 Å². The van der Waals surface area contributed by atoms with Gasteiger partial charge in [0, 0.05) is 39.6 Å². The van der Waals surface area contributed by atoms with Gasteiger partial charge in [-0.3, -0.25) is 4.99 Å². The van der Waals surface area contributed by atoms with Crippen molar-refractivity contribution in [1.82, 2.24) is 30.1 Å². The van der Waals surface area contributed by atoms with Crippen LogP contribution in [0.3, 0.4) is 0 Å². The molecule has 0 atom stereocenters. The van der Waals surface area contributed by atoms with Crippen molar-refractivity contribution in [3.63, 3.8) is 0 Å². The van der Waals surface area contributed by atoms with E-state index in [2.05, 4.69) is 30.5 Å². The molecule has 0 amide bonds. The molecular weight excluding hydrogens is 469 g/mol. The van der Waals surface area contributed by atoms with Crippen molar-refractivity contribution >= 4 is 40.0 Å². The van der Waals surface area contributed by atoms with Gasteiger partial charge in [-0.25, -0.2) is 13.1 Å². The molecule has 1 aromatic rings. The number of rotatable bonds is 10. The van der Waals surface area contributed by atoms with Gasteiger partial charge < -0.3 is 15.2 Å². The molecule has 1 heterocycles. The van der Waals surface area contributed by atoms with Crippen molar-refractivity contribution in [1.29, 1.82) is 0 Å². The molecule has 3 N–H and O–H groups in total. The third-order valence-corrected chi connectivity index (χ3v) is 5.71. The van der Waals surface area contributed by atoms with Crippen LogP contribution >= 0.6 is 24.0 Å². The molecule has 1 aromatic heterocycles. The van der Waals surface area contributed by atoms with E-state index in [9.17, 15) is 8.42 Å². The second-order valence-corrected chi connectivity index (χ2v) is 8.11. The van der Waals surface area contributed by atoms with Crippen LogP contribution in [-0.4, -0.2) is 61.6 Å². The second-order valence-electron chi connectivity index (χ2n) is 6.18. The van der Waals surface area contributed by atoms with E-state index in [4.69, 9.17) is 0 Å². The lowest BCUT2D eigenvalue weighted by Gasteiger charge is -2.25. The first-order valence-electron chi connectivity index (χ1n) is 8.82. The maximum absolute atomic E-state index is 12.0. The Labute approximate surface area is 172 Å². The van der Waals surface area contributed by atoms with Gasteiger partial charge in [0.2, 0.25) is 10.0 Å². The molecule has 0 bridgehead atoms. The second kappa shape index (κ2) is 11.7. The minimum Gasteiger partial charge on any atom is -0.355 e. The molecule has 0 spiro atoms. The highest BCUT2D eigenvalue weighted by molar-refractivity contribution is 14.0. The lowest BCUT2D eigenvalue weighted by atomic mass is 9.86. The molecule has 2 rings (SSSR count). The third kappa shape index (κ3) is 7.74. The van der Waals surface area contributed by atoms with E-state index in [1.807, 2.05) is 11.5 Å². The Morgan fingerprint density at radius 2 is 2.08 bits per heavy atom. The summed E-state index contributed by atoms with van der Waals surface area (Å²) in [5, 5.41) is 14.1. The molecule has 1 aliphatic carbocycles. The minimum atomic E-state index is -3.24. The van der Waals surface area contributed by atoms with Gasteiger partial charge >= 0.3 is 0 Å². The molecule has 150 valence electrons. The summed E-state index contributed by atoms with van der Waals surface area (Å²) in [6.07, 6.45) is 6.01. The summed E-state index contributed by atoms with van der Waals surface area (Å²) in [7, 11) is -1.58. The SMILES string of the molecule is CCc1nncn1CCNC(=NC)NCCS(=O)(=O)NCC1CCC1.I. The van der Waals surface area contributed by atoms with Crippen molar-refractivity contribution in [2.24, 2.45) is 10.9 Å². The molecule has 0 aliphatic heterocycles. The molecular formula is C15H30IN7O2S. The minimum absolute atomic E-state index is 0. The summed E-state index contributed by atoms with van der Waals surface area (Å²) >= 11 is 0. The molecule has 0 radical (unpaired) electrons. The molecule has 1 saturated carbocycles. The first kappa shape index (κ1) is 23.1. The van der Waals surface area contributed by atoms with Crippen LogP contribution in [0.1, 0.15) is 32.0 Å². The highest BCUT2D eigenvalue weighted by Crippen LogP contribution is 2.25. The fourth-order valence-electron chi connectivity index (χ4n) is 2.57. The van der Waals surface area contributed by atoms with Crippen molar-refractivity contribution in [2.45, 2.75) is 39.2 Å². The smallest absolute Gasteiger partial charge is 0.213 e. The zero-order valence-electron chi connectivity index (χ0n) is 15.4. The quantitative estimate of drug-likeness (QED) is 0.243. The van der Waals surface area contributed by atoms with Crippen LogP contribution in [-0.2, 0) is 23.0 Å². The van der Waals surface area contributed by atoms with Gasteiger partial charge in [-0.15, -0.1) is 34.2 Å². The van der Waals surface area contributed by atoms with E-state index >= 15 is 0 Å². The zero-order chi connectivity index (χ0) is 18.1. The van der Waals surface area contributed by atoms with Gasteiger partial charge in [-0.1, -0.05) is 13.3 Å². The van der Waals surface area contributed by atoms with Crippen molar-refractivity contribution in [3.05, 3.63) is 12.2 Å². The number of aryl methyl sites for hydroxylation is 1. The highest BCUT2D eigenvalue weighted by Gasteiger charge is 2.20. The van der Waals surface area contributed by atoms with E-state index in [0.29, 0.717) is 31.5 Å². The molecule has 1 aliphatic rings. The van der Waals surface area contributed by atoms with E-state index in [1.54, 1.807) is 13.4 Å². The number of hydrogen-bond donors (Lipinski definition) is 3. The largest absolute Gasteiger partial charge is 0.355 e. The van der Waals surface area contributed by atoms with E-state index in [1.165, 1.54) is 6.42 Å². The fraction of sp³-hybridized carbons (Fsp3) is 0.800. The highest BCUT2D eigenvalue weighted by atomic mass is 127. The number of guanidine groups is 1. The predicted octanol–water partition coefficient (Wildman–Crippen LogP) is 0.343. The number of nitrogens with one attached hydrogen (secondary N) is 3. The molecule has 0 aromatic carbocycles. The topological polar surface area (TPSA) is 113 Å². The van der Waals surface area contributed by atoms with Gasteiger partial charge in [0.05, 0.1) is 5.75 Å². The first-order valence-corrected chi connectivity index (χ1v) is 10.5. The monoisotopic (exact) mass is 499 g/mol. The predicted molar refractivity (Wildman–Crippen MR) is 113 cm³/mol. The van der Waals surface area contributed by atoms with Crippen molar-refractivity contribution in [2.75, 3.05) is 32.4 Å². The Morgan fingerprint density at radius 1 is 1.35 bits per heavy atom. The molecule has 0 unspecified atom stereocenters. The summed E-state index contributed by atoms with van der Waals surface area (Å²) in [5.74, 6) is 2.07. The Hall–Kier alpha value is -0.950. The third-order valence-electron chi connectivity index (χ3n) is 4.36. The average Bonchev–Trinajstić information content (AvgIpc) is 2.99. The maximum Gasteiger partial charge on any atom is 0.213 e. The molecule has 9 nitrogen and oxygen atoms in total. The zero-order valence-corrected chi connectivity index (χ0v) is 18.6. The van der Waals surface area contributed by atoms with Gasteiger partial charge in [0.1, 0.15) is 12.2 Å². The van der Waals surface area contributed by atoms with Crippen molar-refractivity contribution in [3.8, 4) is 0 Å². The average molecular weight is 499 g/mol. The Bertz CT molecular complexity index is 659. The summed E-state index contributed by atoms with van der Waals surface area (Å²) in [6, 6.07) is 0. The van der Waals surface area contributed by atoms with Crippen LogP contribution in [0.2, 0.25) is 0 Å². The van der Waals surface area contributed by atoms with E-state index in [0.717, 1.165) is 31.6 Å². The number of nitrogens with zero attached hydrogens (tertiary/aromatic N) is 4. The van der Waals surface area contributed by atoms with Crippen LogP contribution in [0.15, 0.2) is 11.3 Å². The Kier molecular flexibility index (Phi) is 10.4. The Balaban J connectivity index is 0.00000338. The summed E-state index contributed by atoms with van der Waals surface area (Å²) < 4.78 is 28.6. The number of aromatic nitrogens is 3. The lowest BCUT2D eigenvalue weighted by molar-refractivity contribution is 0.316. The molecule has 11 heteroatoms. The summed E-state index contributed by atoms with van der Waals surface area (Å²) in [5.41, 5.74) is 0. The lowest BCUT2D eigenvalue weighted by Crippen LogP contribution is -2.42. The van der Waals surface area contributed by atoms with Crippen LogP contribution in [0, 0.1) is 5.92 Å². The van der Waals surface area contributed by atoms with Gasteiger partial charge in [0.15, 0.2) is 5.96 Å². The van der Waals surface area contributed by atoms with Gasteiger partial charge in [-0.2, -0.15) is 0 Å². The number of sulfonamides is 1. The fourth-order valence-corrected chi connectivity index (χ4v) is 3.58. The van der Waals surface area contributed by atoms with Crippen LogP contribution in [0.5, 0.6) is 0 Å². The molecule has 0 saturated heterocycles. The van der Waals surface area contributed by atoms with E-state index < -0.39 is 10.0 Å². The number of aliphatic imine (C=N–C) groups is 1. The van der Waals surface area contributed by atoms with E-state index in [-0.39, 0.29) is 29.7 Å². The number of halogens is 1. The first-order chi connectivity index (χ1) is 12.0. The van der Waals surface area contributed by atoms with Crippen LogP contribution in [0.4, 0.5) is 0 Å². The van der Waals surface area contributed by atoms with Crippen molar-refractivity contribution < 1.29 is 8.42 Å². The van der Waals surface area contributed by atoms with Crippen LogP contribution in [0.25, 0.3) is 0 Å². The summed E-state index contributed by atoms with van der Waals surface area (Å²) in [4.78, 5) is 4.10. The number of hydrogen-bond acceptors (Lipinski definition) is 5. The molecule has 1 fully saturated rings.